The zero-order chi connectivity index (χ0) is 28.6. The van der Waals surface area contributed by atoms with Crippen LogP contribution in [-0.2, 0) is 16.9 Å². The van der Waals surface area contributed by atoms with Crippen molar-refractivity contribution in [1.29, 1.82) is 0 Å². The number of carbonyl (C=O) groups excluding carboxylic acids is 2. The molecule has 0 aliphatic heterocycles. The van der Waals surface area contributed by atoms with E-state index in [-0.39, 0.29) is 33.8 Å². The minimum atomic E-state index is -5.35. The monoisotopic (exact) mass is 557 g/mol. The first-order valence-corrected chi connectivity index (χ1v) is 12.1. The second-order valence-electron chi connectivity index (χ2n) is 8.06. The average Bonchev–Trinajstić information content (AvgIpc) is 2.86. The number of ketones is 1. The van der Waals surface area contributed by atoms with E-state index in [1.807, 2.05) is 0 Å². The Morgan fingerprint density at radius 3 is 1.55 bits per heavy atom. The molecule has 0 aromatic heterocycles. The Morgan fingerprint density at radius 1 is 0.711 bits per heavy atom. The van der Waals surface area contributed by atoms with Crippen molar-refractivity contribution in [3.8, 4) is 11.5 Å². The second kappa shape index (κ2) is 10.6. The summed E-state index contributed by atoms with van der Waals surface area (Å²) >= 11 is 0. The maximum absolute atomic E-state index is 13.7. The van der Waals surface area contributed by atoms with Gasteiger partial charge in [-0.3, -0.25) is 4.79 Å². The highest BCUT2D eigenvalue weighted by molar-refractivity contribution is 7.72. The molecule has 0 saturated carbocycles. The summed E-state index contributed by atoms with van der Waals surface area (Å²) < 4.78 is 106. The number of alkyl halides is 6. The van der Waals surface area contributed by atoms with Gasteiger partial charge in [-0.1, -0.05) is 41.0 Å². The standard InChI is InChI=1S/C26H20F6O5P/c1-13-18(20(33)15-9-6-5-7-10-15)14(2)22(37-4)23(21(13)36-3)38(35)24(34)19-16(25(27,28)29)11-8-12-17(19)26(30,31)32/h5-12H,1-4H3/q+1. The van der Waals surface area contributed by atoms with Gasteiger partial charge in [-0.05, 0) is 26.0 Å². The molecule has 3 aromatic rings. The van der Waals surface area contributed by atoms with Crippen molar-refractivity contribution in [2.45, 2.75) is 26.2 Å². The summed E-state index contributed by atoms with van der Waals surface area (Å²) in [5, 5.41) is -0.556. The van der Waals surface area contributed by atoms with Gasteiger partial charge in [0.1, 0.15) is 0 Å². The van der Waals surface area contributed by atoms with Gasteiger partial charge in [0.2, 0.25) is 0 Å². The predicted molar refractivity (Wildman–Crippen MR) is 127 cm³/mol. The smallest absolute Gasteiger partial charge is 0.466 e. The Labute approximate surface area is 214 Å². The van der Waals surface area contributed by atoms with Crippen LogP contribution in [0.5, 0.6) is 11.5 Å². The van der Waals surface area contributed by atoms with Crippen molar-refractivity contribution < 1.29 is 50.0 Å². The molecule has 0 spiro atoms. The normalized spacial score (nSPS) is 12.2. The number of halogens is 6. The Hall–Kier alpha value is -3.72. The Kier molecular flexibility index (Phi) is 8.02. The number of rotatable bonds is 7. The fourth-order valence-electron chi connectivity index (χ4n) is 4.18. The topological polar surface area (TPSA) is 69.7 Å². The number of benzene rings is 3. The van der Waals surface area contributed by atoms with Crippen LogP contribution in [0, 0.1) is 13.8 Å². The average molecular weight is 557 g/mol. The molecule has 0 saturated heterocycles. The number of ether oxygens (including phenoxy) is 2. The van der Waals surface area contributed by atoms with E-state index >= 15 is 0 Å². The molecule has 5 nitrogen and oxygen atoms in total. The van der Waals surface area contributed by atoms with Gasteiger partial charge < -0.3 is 9.47 Å². The zero-order valence-corrected chi connectivity index (χ0v) is 21.3. The van der Waals surface area contributed by atoms with Crippen LogP contribution in [0.1, 0.15) is 48.5 Å². The number of carbonyl (C=O) groups is 2. The third-order valence-corrected chi connectivity index (χ3v) is 7.21. The van der Waals surface area contributed by atoms with Crippen molar-refractivity contribution in [3.63, 3.8) is 0 Å². The summed E-state index contributed by atoms with van der Waals surface area (Å²) in [6.45, 7) is 2.78. The summed E-state index contributed by atoms with van der Waals surface area (Å²) in [6.07, 6.45) is -10.7. The minimum Gasteiger partial charge on any atom is -0.492 e. The van der Waals surface area contributed by atoms with Crippen LogP contribution in [0.2, 0.25) is 0 Å². The number of hydrogen-bond acceptors (Lipinski definition) is 5. The van der Waals surface area contributed by atoms with E-state index in [2.05, 4.69) is 0 Å². The lowest BCUT2D eigenvalue weighted by Gasteiger charge is -2.18. The van der Waals surface area contributed by atoms with Gasteiger partial charge in [0.05, 0.1) is 30.9 Å². The molecule has 0 N–H and O–H groups in total. The highest BCUT2D eigenvalue weighted by Crippen LogP contribution is 2.46. The molecule has 3 aromatic carbocycles. The maximum Gasteiger partial charge on any atom is 0.466 e. The van der Waals surface area contributed by atoms with Gasteiger partial charge in [-0.15, -0.1) is 0 Å². The van der Waals surface area contributed by atoms with Crippen LogP contribution in [0.15, 0.2) is 48.5 Å². The van der Waals surface area contributed by atoms with E-state index in [0.717, 1.165) is 14.2 Å². The van der Waals surface area contributed by atoms with Crippen molar-refractivity contribution in [3.05, 3.63) is 87.5 Å². The second-order valence-corrected chi connectivity index (χ2v) is 9.50. The zero-order valence-electron chi connectivity index (χ0n) is 20.4. The van der Waals surface area contributed by atoms with Gasteiger partial charge in [0.25, 0.3) is 5.30 Å². The molecule has 1 unspecified atom stereocenters. The SMILES string of the molecule is COc1c(C)c(C(=O)c2ccccc2)c(C)c(OC)c1[P+](=O)C(=O)c1c(C(F)(F)F)cccc1C(F)(F)F. The molecule has 3 rings (SSSR count). The molecule has 0 amide bonds. The molecule has 0 radical (unpaired) electrons. The van der Waals surface area contributed by atoms with Crippen LogP contribution < -0.4 is 14.8 Å². The Morgan fingerprint density at radius 2 is 1.16 bits per heavy atom. The molecule has 0 aliphatic carbocycles. The highest BCUT2D eigenvalue weighted by atomic mass is 31.1. The first-order valence-electron chi connectivity index (χ1n) is 10.8. The lowest BCUT2D eigenvalue weighted by Crippen LogP contribution is -2.22. The molecule has 12 heteroatoms. The number of hydrogen-bond donors (Lipinski definition) is 0. The van der Waals surface area contributed by atoms with Gasteiger partial charge in [-0.25, -0.2) is 4.79 Å². The summed E-state index contributed by atoms with van der Waals surface area (Å²) in [5.74, 6) is -1.16. The third-order valence-electron chi connectivity index (χ3n) is 5.81. The first kappa shape index (κ1) is 28.8. The van der Waals surface area contributed by atoms with Crippen LogP contribution in [0.25, 0.3) is 0 Å². The fourth-order valence-corrected chi connectivity index (χ4v) is 5.72. The summed E-state index contributed by atoms with van der Waals surface area (Å²) in [6, 6.07) is 9.10. The lowest BCUT2D eigenvalue weighted by molar-refractivity contribution is -0.143. The van der Waals surface area contributed by atoms with Crippen molar-refractivity contribution in [1.82, 2.24) is 0 Å². The maximum atomic E-state index is 13.7. The van der Waals surface area contributed by atoms with Crippen molar-refractivity contribution in [2.24, 2.45) is 0 Å². The van der Waals surface area contributed by atoms with Crippen molar-refractivity contribution in [2.75, 3.05) is 14.2 Å². The van der Waals surface area contributed by atoms with Crippen molar-refractivity contribution >= 4 is 24.4 Å². The summed E-state index contributed by atoms with van der Waals surface area (Å²) in [7, 11) is -1.48. The molecule has 1 atom stereocenters. The van der Waals surface area contributed by atoms with Gasteiger partial charge >= 0.3 is 25.7 Å². The Bertz CT molecular complexity index is 1370. The highest BCUT2D eigenvalue weighted by Gasteiger charge is 2.50. The molecule has 0 bridgehead atoms. The van der Waals surface area contributed by atoms with Crippen LogP contribution in [0.3, 0.4) is 0 Å². The predicted octanol–water partition coefficient (Wildman–Crippen LogP) is 6.88. The van der Waals surface area contributed by atoms with Crippen LogP contribution in [-0.4, -0.2) is 25.5 Å². The summed E-state index contributed by atoms with van der Waals surface area (Å²) in [4.78, 5) is 26.5. The lowest BCUT2D eigenvalue weighted by atomic mass is 9.93. The van der Waals surface area contributed by atoms with Gasteiger partial charge in [0, 0.05) is 22.3 Å². The molecule has 200 valence electrons. The molecular formula is C26H20F6O5P+. The molecule has 0 fully saturated rings. The van der Waals surface area contributed by atoms with E-state index in [9.17, 15) is 40.5 Å². The third kappa shape index (κ3) is 5.15. The molecule has 0 heterocycles. The summed E-state index contributed by atoms with van der Waals surface area (Å²) in [5.41, 5.74) is -7.00. The van der Waals surface area contributed by atoms with Gasteiger partial charge in [0.15, 0.2) is 17.3 Å². The quantitative estimate of drug-likeness (QED) is 0.180. The minimum absolute atomic E-state index is 0.0520. The molecular weight excluding hydrogens is 537 g/mol. The fraction of sp³-hybridized carbons (Fsp3) is 0.231. The molecule has 38 heavy (non-hydrogen) atoms. The first-order chi connectivity index (χ1) is 17.7. The van der Waals surface area contributed by atoms with Crippen LogP contribution in [0.4, 0.5) is 26.3 Å². The number of methoxy groups -OCH3 is 2. The van der Waals surface area contributed by atoms with E-state index in [0.29, 0.717) is 18.2 Å². The largest absolute Gasteiger partial charge is 0.492 e. The van der Waals surface area contributed by atoms with E-state index < -0.39 is 53.5 Å². The molecule has 0 aliphatic rings. The van der Waals surface area contributed by atoms with Gasteiger partial charge in [-0.2, -0.15) is 26.3 Å². The van der Waals surface area contributed by atoms with E-state index in [1.54, 1.807) is 18.2 Å². The Balaban J connectivity index is 2.32. The van der Waals surface area contributed by atoms with E-state index in [1.165, 1.54) is 26.0 Å². The van der Waals surface area contributed by atoms with E-state index in [4.69, 9.17) is 9.47 Å². The van der Waals surface area contributed by atoms with Crippen LogP contribution >= 0.6 is 7.80 Å².